The molecule has 12 heavy (non-hydrogen) atoms. The van der Waals surface area contributed by atoms with E-state index in [1.54, 1.807) is 0 Å². The zero-order chi connectivity index (χ0) is 9.14. The average molecular weight is 189 g/mol. The third-order valence-electron chi connectivity index (χ3n) is 1.17. The van der Waals surface area contributed by atoms with Crippen LogP contribution in [0.2, 0.25) is 5.15 Å². The Labute approximate surface area is 72.3 Å². The number of carbonyl (C=O) groups is 1. The second-order valence-corrected chi connectivity index (χ2v) is 2.29. The van der Waals surface area contributed by atoms with Gasteiger partial charge in [-0.1, -0.05) is 11.6 Å². The molecule has 64 valence electrons. The van der Waals surface area contributed by atoms with Gasteiger partial charge in [0, 0.05) is 0 Å². The number of rotatable bonds is 1. The summed E-state index contributed by atoms with van der Waals surface area (Å²) in [6, 6.07) is 0. The van der Waals surface area contributed by atoms with E-state index in [1.807, 2.05) is 0 Å². The third kappa shape index (κ3) is 1.62. The van der Waals surface area contributed by atoms with Gasteiger partial charge in [0.2, 0.25) is 0 Å². The van der Waals surface area contributed by atoms with E-state index in [2.05, 4.69) is 14.7 Å². The number of aromatic amines is 1. The van der Waals surface area contributed by atoms with Crippen LogP contribution in [-0.2, 0) is 4.74 Å². The fraction of sp³-hybridized carbons (Fsp3) is 0.167. The number of methoxy groups -OCH3 is 1. The Balaban J connectivity index is 3.18. The Kier molecular flexibility index (Phi) is 2.44. The number of aromatic nitrogens is 2. The molecule has 0 saturated heterocycles. The normalized spacial score (nSPS) is 9.50. The maximum absolute atomic E-state index is 10.9. The quantitative estimate of drug-likeness (QED) is 0.505. The van der Waals surface area contributed by atoms with Crippen LogP contribution in [0.15, 0.2) is 11.0 Å². The van der Waals surface area contributed by atoms with Crippen molar-refractivity contribution in [1.29, 1.82) is 0 Å². The molecule has 1 aromatic heterocycles. The number of esters is 1. The molecule has 1 N–H and O–H groups in total. The van der Waals surface area contributed by atoms with Crippen LogP contribution in [0.25, 0.3) is 0 Å². The van der Waals surface area contributed by atoms with E-state index in [0.717, 1.165) is 6.20 Å². The van der Waals surface area contributed by atoms with Gasteiger partial charge in [0.05, 0.1) is 13.3 Å². The van der Waals surface area contributed by atoms with Gasteiger partial charge in [-0.3, -0.25) is 4.98 Å². The highest BCUT2D eigenvalue weighted by Crippen LogP contribution is 2.09. The Hall–Kier alpha value is -1.36. The number of carbonyl (C=O) groups excluding carboxylic acids is 1. The minimum Gasteiger partial charge on any atom is -0.465 e. The predicted octanol–water partition coefficient (Wildman–Crippen LogP) is 0.210. The largest absolute Gasteiger partial charge is 0.465 e. The first kappa shape index (κ1) is 8.73. The standard InChI is InChI=1S/C6H5ClN2O3/c1-12-5(10)3-2-8-6(11)9-4(3)7/h2H,1H3,(H,8,9,11). The van der Waals surface area contributed by atoms with E-state index < -0.39 is 11.7 Å². The molecule has 0 aliphatic carbocycles. The minimum absolute atomic E-state index is 0.0405. The lowest BCUT2D eigenvalue weighted by Gasteiger charge is -1.98. The van der Waals surface area contributed by atoms with Crippen molar-refractivity contribution in [2.45, 2.75) is 0 Å². The van der Waals surface area contributed by atoms with Crippen molar-refractivity contribution in [2.75, 3.05) is 7.11 Å². The van der Waals surface area contributed by atoms with Crippen LogP contribution in [0.4, 0.5) is 0 Å². The van der Waals surface area contributed by atoms with Gasteiger partial charge in [0.1, 0.15) is 10.7 Å². The summed E-state index contributed by atoms with van der Waals surface area (Å²) in [6.07, 6.45) is 1.06. The topological polar surface area (TPSA) is 72.0 Å². The second-order valence-electron chi connectivity index (χ2n) is 1.91. The molecule has 0 saturated carbocycles. The SMILES string of the molecule is COC(=O)c1cnc(=O)[nH]c1Cl. The first-order valence-electron chi connectivity index (χ1n) is 2.98. The van der Waals surface area contributed by atoms with E-state index in [1.165, 1.54) is 7.11 Å². The highest BCUT2D eigenvalue weighted by atomic mass is 35.5. The van der Waals surface area contributed by atoms with Crippen LogP contribution in [0.1, 0.15) is 10.4 Å². The smallest absolute Gasteiger partial charge is 0.346 e. The molecule has 0 aliphatic rings. The van der Waals surface area contributed by atoms with Crippen LogP contribution in [0, 0.1) is 0 Å². The summed E-state index contributed by atoms with van der Waals surface area (Å²) < 4.78 is 4.37. The molecule has 6 heteroatoms. The van der Waals surface area contributed by atoms with Crippen molar-refractivity contribution in [3.63, 3.8) is 0 Å². The zero-order valence-corrected chi connectivity index (χ0v) is 6.88. The highest BCUT2D eigenvalue weighted by Gasteiger charge is 2.10. The molecular formula is C6H5ClN2O3. The molecule has 1 aromatic rings. The predicted molar refractivity (Wildman–Crippen MR) is 41.2 cm³/mol. The zero-order valence-electron chi connectivity index (χ0n) is 6.13. The van der Waals surface area contributed by atoms with Crippen LogP contribution in [0.5, 0.6) is 0 Å². The van der Waals surface area contributed by atoms with Gasteiger partial charge in [0.25, 0.3) is 0 Å². The molecule has 0 spiro atoms. The first-order chi connectivity index (χ1) is 5.65. The van der Waals surface area contributed by atoms with Crippen LogP contribution < -0.4 is 5.69 Å². The molecule has 1 rings (SSSR count). The maximum Gasteiger partial charge on any atom is 0.346 e. The number of halogens is 1. The van der Waals surface area contributed by atoms with Crippen molar-refractivity contribution >= 4 is 17.6 Å². The van der Waals surface area contributed by atoms with Gasteiger partial charge in [0.15, 0.2) is 0 Å². The highest BCUT2D eigenvalue weighted by molar-refractivity contribution is 6.32. The number of ether oxygens (including phenoxy) is 1. The van der Waals surface area contributed by atoms with Gasteiger partial charge < -0.3 is 4.74 Å². The summed E-state index contributed by atoms with van der Waals surface area (Å²) in [5.74, 6) is -0.635. The Morgan fingerprint density at radius 1 is 1.75 bits per heavy atom. The number of H-pyrrole nitrogens is 1. The van der Waals surface area contributed by atoms with E-state index in [4.69, 9.17) is 11.6 Å². The van der Waals surface area contributed by atoms with Crippen LogP contribution in [-0.4, -0.2) is 23.0 Å². The average Bonchev–Trinajstić information content (AvgIpc) is 2.03. The van der Waals surface area contributed by atoms with Crippen molar-refractivity contribution in [3.8, 4) is 0 Å². The van der Waals surface area contributed by atoms with Gasteiger partial charge >= 0.3 is 11.7 Å². The van der Waals surface area contributed by atoms with Crippen LogP contribution in [0.3, 0.4) is 0 Å². The molecule has 0 atom stereocenters. The summed E-state index contributed by atoms with van der Waals surface area (Å²) in [6.45, 7) is 0. The van der Waals surface area contributed by atoms with Crippen molar-refractivity contribution in [3.05, 3.63) is 27.4 Å². The second kappa shape index (κ2) is 3.36. The molecule has 1 heterocycles. The lowest BCUT2D eigenvalue weighted by molar-refractivity contribution is 0.0600. The first-order valence-corrected chi connectivity index (χ1v) is 3.36. The number of nitrogens with zero attached hydrogens (tertiary/aromatic N) is 1. The fourth-order valence-corrected chi connectivity index (χ4v) is 0.832. The van der Waals surface area contributed by atoms with E-state index in [-0.39, 0.29) is 10.7 Å². The molecule has 0 unspecified atom stereocenters. The Morgan fingerprint density at radius 2 is 2.42 bits per heavy atom. The van der Waals surface area contributed by atoms with E-state index >= 15 is 0 Å². The fourth-order valence-electron chi connectivity index (χ4n) is 0.626. The van der Waals surface area contributed by atoms with Crippen molar-refractivity contribution in [1.82, 2.24) is 9.97 Å². The summed E-state index contributed by atoms with van der Waals surface area (Å²) in [7, 11) is 1.21. The van der Waals surface area contributed by atoms with Gasteiger partial charge in [-0.15, -0.1) is 0 Å². The Morgan fingerprint density at radius 3 is 2.92 bits per heavy atom. The van der Waals surface area contributed by atoms with E-state index in [0.29, 0.717) is 0 Å². The molecule has 5 nitrogen and oxygen atoms in total. The molecular weight excluding hydrogens is 184 g/mol. The summed E-state index contributed by atoms with van der Waals surface area (Å²) in [4.78, 5) is 26.9. The van der Waals surface area contributed by atoms with Crippen molar-refractivity contribution in [2.24, 2.45) is 0 Å². The maximum atomic E-state index is 10.9. The van der Waals surface area contributed by atoms with Gasteiger partial charge in [-0.25, -0.2) is 14.6 Å². The monoisotopic (exact) mass is 188 g/mol. The minimum atomic E-state index is -0.635. The molecule has 0 bridgehead atoms. The van der Waals surface area contributed by atoms with Gasteiger partial charge in [-0.2, -0.15) is 0 Å². The summed E-state index contributed by atoms with van der Waals surface area (Å²) in [5.41, 5.74) is -0.564. The van der Waals surface area contributed by atoms with Gasteiger partial charge in [-0.05, 0) is 0 Å². The lowest BCUT2D eigenvalue weighted by atomic mass is 10.3. The lowest BCUT2D eigenvalue weighted by Crippen LogP contribution is -2.14. The van der Waals surface area contributed by atoms with Crippen molar-refractivity contribution < 1.29 is 9.53 Å². The number of hydrogen-bond acceptors (Lipinski definition) is 4. The molecule has 0 radical (unpaired) electrons. The number of hydrogen-bond donors (Lipinski definition) is 1. The summed E-state index contributed by atoms with van der Waals surface area (Å²) >= 11 is 5.51. The molecule has 0 aliphatic heterocycles. The van der Waals surface area contributed by atoms with E-state index in [9.17, 15) is 9.59 Å². The molecule has 0 aromatic carbocycles. The van der Waals surface area contributed by atoms with Crippen LogP contribution >= 0.6 is 11.6 Å². The molecule has 0 fully saturated rings. The summed E-state index contributed by atoms with van der Waals surface area (Å²) in [5, 5.41) is -0.0677. The molecule has 0 amide bonds. The number of nitrogens with one attached hydrogen (secondary N) is 1. The Bertz CT molecular complexity index is 360. The third-order valence-corrected chi connectivity index (χ3v) is 1.47.